The van der Waals surface area contributed by atoms with Gasteiger partial charge in [-0.25, -0.2) is 9.97 Å². The van der Waals surface area contributed by atoms with E-state index in [1.807, 2.05) is 30.3 Å². The molecule has 1 radical (unpaired) electrons. The number of fused-ring (bicyclic) bond motifs is 2. The Kier molecular flexibility index (Phi) is 16.8. The van der Waals surface area contributed by atoms with Crippen LogP contribution >= 0.6 is 36.4 Å². The van der Waals surface area contributed by atoms with Gasteiger partial charge in [-0.05, 0) is 69.8 Å². The SMILES string of the molecule is C[Si](C)(C)N[Si](C)(C)C.Cl.Cl.Clc1ccc2ccoc2c1Nc1ncnc2cc(OCCN3CCCC3)cc(OC3CCCC3)c12.[Na]. The topological polar surface area (TPSA) is 84.7 Å². The zero-order valence-corrected chi connectivity index (χ0v) is 35.3. The minimum absolute atomic E-state index is 0. The fraction of sp³-hybridized carbons (Fsp3) is 0.515. The average molecular weight is 750 g/mol. The summed E-state index contributed by atoms with van der Waals surface area (Å²) in [6.45, 7) is 18.0. The van der Waals surface area contributed by atoms with E-state index in [4.69, 9.17) is 25.5 Å². The molecule has 0 atom stereocenters. The van der Waals surface area contributed by atoms with E-state index in [0.29, 0.717) is 28.7 Å². The smallest absolute Gasteiger partial charge is 0.158 e. The first-order valence-electron chi connectivity index (χ1n) is 16.0. The minimum atomic E-state index is -0.981. The molecule has 2 aromatic heterocycles. The molecule has 3 heterocycles. The number of hydrogen-bond donors (Lipinski definition) is 2. The zero-order valence-electron chi connectivity index (χ0n) is 29.0. The predicted octanol–water partition coefficient (Wildman–Crippen LogP) is 9.28. The second-order valence-corrected chi connectivity index (χ2v) is 24.4. The van der Waals surface area contributed by atoms with Gasteiger partial charge in [-0.1, -0.05) is 50.9 Å². The van der Waals surface area contributed by atoms with Gasteiger partial charge in [0.15, 0.2) is 5.58 Å². The monoisotopic (exact) mass is 748 g/mol. The number of nitrogens with one attached hydrogen (secondary N) is 2. The first-order chi connectivity index (χ1) is 20.9. The minimum Gasteiger partial charge on any atom is -0.492 e. The predicted molar refractivity (Wildman–Crippen MR) is 208 cm³/mol. The molecule has 2 aliphatic rings. The van der Waals surface area contributed by atoms with Crippen molar-refractivity contribution in [1.82, 2.24) is 19.5 Å². The number of anilines is 2. The van der Waals surface area contributed by atoms with Crippen LogP contribution in [0.25, 0.3) is 21.9 Å². The van der Waals surface area contributed by atoms with Crippen molar-refractivity contribution in [1.29, 1.82) is 0 Å². The molecule has 0 amide bonds. The van der Waals surface area contributed by atoms with Gasteiger partial charge in [0.1, 0.15) is 52.4 Å². The molecular formula is C33H50Cl3N5NaO3Si2. The molecule has 0 spiro atoms. The van der Waals surface area contributed by atoms with Crippen molar-refractivity contribution in [2.24, 2.45) is 0 Å². The van der Waals surface area contributed by atoms with Gasteiger partial charge in [0, 0.05) is 53.6 Å². The summed E-state index contributed by atoms with van der Waals surface area (Å²) in [6.07, 6.45) is 10.4. The van der Waals surface area contributed by atoms with Gasteiger partial charge in [0.05, 0.1) is 28.3 Å². The molecule has 1 saturated heterocycles. The molecule has 6 rings (SSSR count). The van der Waals surface area contributed by atoms with E-state index >= 15 is 0 Å². The molecular weight excluding hydrogens is 700 g/mol. The van der Waals surface area contributed by atoms with Crippen molar-refractivity contribution in [3.8, 4) is 11.5 Å². The van der Waals surface area contributed by atoms with E-state index in [1.54, 1.807) is 12.6 Å². The first-order valence-corrected chi connectivity index (χ1v) is 23.4. The number of nitrogens with zero attached hydrogens (tertiary/aromatic N) is 3. The van der Waals surface area contributed by atoms with Crippen LogP contribution in [0.2, 0.25) is 44.3 Å². The molecule has 1 saturated carbocycles. The van der Waals surface area contributed by atoms with E-state index < -0.39 is 16.5 Å². The Labute approximate surface area is 321 Å². The molecule has 2 fully saturated rings. The molecule has 0 bridgehead atoms. The molecule has 2 N–H and O–H groups in total. The number of hydrogen-bond acceptors (Lipinski definition) is 8. The number of aromatic nitrogens is 2. The average Bonchev–Trinajstić information content (AvgIpc) is 3.72. The maximum absolute atomic E-state index is 6.55. The number of halogens is 3. The third-order valence-electron chi connectivity index (χ3n) is 7.71. The van der Waals surface area contributed by atoms with Crippen LogP contribution < -0.4 is 19.4 Å². The summed E-state index contributed by atoms with van der Waals surface area (Å²) in [5.74, 6) is 2.12. The van der Waals surface area contributed by atoms with Crippen molar-refractivity contribution in [2.75, 3.05) is 31.6 Å². The Balaban J connectivity index is 0.000000567. The Morgan fingerprint density at radius 1 is 0.936 bits per heavy atom. The van der Waals surface area contributed by atoms with Gasteiger partial charge in [-0.3, -0.25) is 4.90 Å². The molecule has 1 aliphatic heterocycles. The van der Waals surface area contributed by atoms with Crippen LogP contribution in [0.5, 0.6) is 11.5 Å². The number of ether oxygens (including phenoxy) is 2. The van der Waals surface area contributed by atoms with Crippen LogP contribution in [0.1, 0.15) is 38.5 Å². The van der Waals surface area contributed by atoms with Crippen LogP contribution in [-0.2, 0) is 0 Å². The summed E-state index contributed by atoms with van der Waals surface area (Å²) < 4.78 is 22.1. The molecule has 2 aromatic carbocycles. The van der Waals surface area contributed by atoms with Crippen LogP contribution in [0.15, 0.2) is 47.3 Å². The van der Waals surface area contributed by atoms with Crippen LogP contribution in [0.3, 0.4) is 0 Å². The van der Waals surface area contributed by atoms with Gasteiger partial charge < -0.3 is 23.9 Å². The number of likely N-dealkylation sites (tertiary alicyclic amines) is 1. The zero-order chi connectivity index (χ0) is 31.3. The molecule has 14 heteroatoms. The van der Waals surface area contributed by atoms with E-state index in [0.717, 1.165) is 60.3 Å². The molecule has 255 valence electrons. The Morgan fingerprint density at radius 3 is 2.26 bits per heavy atom. The standard InChI is InChI=1S/C27H29ClN4O3.C6H19NSi2.2ClH.Na/c28-21-8-7-18-9-13-34-26(18)25(21)31-27-24-22(29-17-30-27)15-20(33-14-12-32-10-3-4-11-32)16-23(24)35-19-5-1-2-6-19;1-8(2,3)7-9(4,5)6;;;/h7-9,13,15-17,19H,1-6,10-12,14H2,(H,29,30,31);7H,1-6H3;2*1H;. The summed E-state index contributed by atoms with van der Waals surface area (Å²) in [4.78, 5) is 11.6. The Hall–Kier alpha value is -1.06. The van der Waals surface area contributed by atoms with Gasteiger partial charge >= 0.3 is 0 Å². The van der Waals surface area contributed by atoms with Crippen LogP contribution in [-0.4, -0.2) is 93.2 Å². The summed E-state index contributed by atoms with van der Waals surface area (Å²) in [5, 5.41) is 5.74. The summed E-state index contributed by atoms with van der Waals surface area (Å²) in [6, 6.07) is 9.64. The van der Waals surface area contributed by atoms with Crippen molar-refractivity contribution in [2.45, 2.75) is 83.9 Å². The van der Waals surface area contributed by atoms with Crippen molar-refractivity contribution in [3.63, 3.8) is 0 Å². The molecule has 1 aliphatic carbocycles. The van der Waals surface area contributed by atoms with Crippen molar-refractivity contribution < 1.29 is 13.9 Å². The molecule has 8 nitrogen and oxygen atoms in total. The van der Waals surface area contributed by atoms with Crippen molar-refractivity contribution >= 4 is 116 Å². The Bertz CT molecular complexity index is 1540. The summed E-state index contributed by atoms with van der Waals surface area (Å²) in [7, 11) is -1.96. The fourth-order valence-electron chi connectivity index (χ4n) is 6.25. The first kappa shape index (κ1) is 42.1. The van der Waals surface area contributed by atoms with Crippen LogP contribution in [0.4, 0.5) is 11.5 Å². The second kappa shape index (κ2) is 18.8. The van der Waals surface area contributed by atoms with E-state index in [-0.39, 0.29) is 60.5 Å². The number of benzene rings is 2. The fourth-order valence-corrected chi connectivity index (χ4v) is 15.4. The second-order valence-electron chi connectivity index (χ2n) is 14.0. The third-order valence-corrected chi connectivity index (χ3v) is 14.0. The molecule has 0 unspecified atom stereocenters. The van der Waals surface area contributed by atoms with E-state index in [1.165, 1.54) is 25.7 Å². The van der Waals surface area contributed by atoms with Gasteiger partial charge in [-0.15, -0.1) is 24.8 Å². The Morgan fingerprint density at radius 2 is 1.62 bits per heavy atom. The van der Waals surface area contributed by atoms with Gasteiger partial charge in [0.2, 0.25) is 0 Å². The largest absolute Gasteiger partial charge is 0.492 e. The summed E-state index contributed by atoms with van der Waals surface area (Å²) >= 11 is 6.55. The number of rotatable bonds is 10. The normalized spacial score (nSPS) is 15.3. The van der Waals surface area contributed by atoms with E-state index in [2.05, 4.69) is 64.1 Å². The van der Waals surface area contributed by atoms with E-state index in [9.17, 15) is 0 Å². The quantitative estimate of drug-likeness (QED) is 0.155. The van der Waals surface area contributed by atoms with Gasteiger partial charge in [-0.2, -0.15) is 0 Å². The number of furan rings is 1. The van der Waals surface area contributed by atoms with Gasteiger partial charge in [0.25, 0.3) is 0 Å². The molecule has 4 aromatic rings. The molecule has 47 heavy (non-hydrogen) atoms. The third kappa shape index (κ3) is 12.3. The maximum Gasteiger partial charge on any atom is 0.158 e. The van der Waals surface area contributed by atoms with Crippen LogP contribution in [0, 0.1) is 0 Å². The van der Waals surface area contributed by atoms with Crippen molar-refractivity contribution in [3.05, 3.63) is 47.9 Å². The summed E-state index contributed by atoms with van der Waals surface area (Å²) in [5.41, 5.74) is 2.12. The maximum atomic E-state index is 6.55.